The first-order valence-corrected chi connectivity index (χ1v) is 10.2. The lowest BCUT2D eigenvalue weighted by atomic mass is 10.1. The molecule has 0 aliphatic rings. The molecule has 2 aromatic carbocycles. The van der Waals surface area contributed by atoms with Gasteiger partial charge in [-0.25, -0.2) is 0 Å². The normalized spacial score (nSPS) is 11.0. The Morgan fingerprint density at radius 3 is 2.48 bits per heavy atom. The molecule has 2 aromatic heterocycles. The van der Waals surface area contributed by atoms with E-state index in [4.69, 9.17) is 25.2 Å². The van der Waals surface area contributed by atoms with Crippen molar-refractivity contribution in [3.05, 3.63) is 70.4 Å². The van der Waals surface area contributed by atoms with Crippen molar-refractivity contribution in [1.29, 1.82) is 0 Å². The molecule has 0 aliphatic carbocycles. The third kappa shape index (κ3) is 4.96. The smallest absolute Gasteiger partial charge is 0.277 e. The molecule has 0 saturated heterocycles. The van der Waals surface area contributed by atoms with Crippen molar-refractivity contribution in [1.82, 2.24) is 20.4 Å². The summed E-state index contributed by atoms with van der Waals surface area (Å²) in [5.41, 5.74) is 2.97. The van der Waals surface area contributed by atoms with Crippen molar-refractivity contribution in [2.24, 2.45) is 0 Å². The summed E-state index contributed by atoms with van der Waals surface area (Å²) >= 11 is 7.47. The Balaban J connectivity index is 1.33. The first-order chi connectivity index (χ1) is 14.1. The zero-order valence-electron chi connectivity index (χ0n) is 15.8. The molecule has 0 saturated carbocycles. The van der Waals surface area contributed by atoms with Gasteiger partial charge in [-0.3, -0.25) is 0 Å². The Morgan fingerprint density at radius 2 is 1.69 bits per heavy atom. The first-order valence-electron chi connectivity index (χ1n) is 8.80. The lowest BCUT2D eigenvalue weighted by molar-refractivity contribution is 0.252. The minimum Gasteiger partial charge on any atom is -0.484 e. The lowest BCUT2D eigenvalue weighted by Crippen LogP contribution is -1.96. The van der Waals surface area contributed by atoms with Crippen LogP contribution in [0.25, 0.3) is 11.5 Å². The zero-order chi connectivity index (χ0) is 20.2. The summed E-state index contributed by atoms with van der Waals surface area (Å²) in [5.74, 6) is 2.38. The van der Waals surface area contributed by atoms with Gasteiger partial charge in [-0.2, -0.15) is 0 Å². The third-order valence-corrected chi connectivity index (χ3v) is 5.03. The van der Waals surface area contributed by atoms with E-state index in [2.05, 4.69) is 26.5 Å². The molecular formula is C20H17ClN4O3S. The molecule has 0 fully saturated rings. The van der Waals surface area contributed by atoms with Gasteiger partial charge < -0.3 is 13.6 Å². The molecule has 0 unspecified atom stereocenters. The largest absolute Gasteiger partial charge is 0.484 e. The zero-order valence-corrected chi connectivity index (χ0v) is 17.3. The van der Waals surface area contributed by atoms with Crippen molar-refractivity contribution < 1.29 is 13.6 Å². The van der Waals surface area contributed by atoms with E-state index >= 15 is 0 Å². The van der Waals surface area contributed by atoms with Crippen molar-refractivity contribution in [2.75, 3.05) is 0 Å². The summed E-state index contributed by atoms with van der Waals surface area (Å²) in [4.78, 5) is 0. The Bertz CT molecular complexity index is 1110. The molecule has 9 heteroatoms. The van der Waals surface area contributed by atoms with Crippen molar-refractivity contribution in [3.63, 3.8) is 0 Å². The fourth-order valence-corrected chi connectivity index (χ4v) is 3.53. The minimum absolute atomic E-state index is 0.202. The summed E-state index contributed by atoms with van der Waals surface area (Å²) in [7, 11) is 0. The van der Waals surface area contributed by atoms with Crippen LogP contribution in [0, 0.1) is 13.8 Å². The van der Waals surface area contributed by atoms with E-state index < -0.39 is 0 Å². The number of nitrogens with zero attached hydrogens (tertiary/aromatic N) is 4. The van der Waals surface area contributed by atoms with Crippen LogP contribution in [0.3, 0.4) is 0 Å². The van der Waals surface area contributed by atoms with Crippen molar-refractivity contribution in [3.8, 4) is 17.2 Å². The molecule has 7 nitrogen and oxygen atoms in total. The predicted molar refractivity (Wildman–Crippen MR) is 109 cm³/mol. The molecule has 0 N–H and O–H groups in total. The lowest BCUT2D eigenvalue weighted by Gasteiger charge is -2.05. The first kappa shape index (κ1) is 19.5. The Labute approximate surface area is 176 Å². The monoisotopic (exact) mass is 428 g/mol. The van der Waals surface area contributed by atoms with Gasteiger partial charge in [0.05, 0.1) is 16.3 Å². The molecule has 148 valence electrons. The second-order valence-corrected chi connectivity index (χ2v) is 7.68. The molecule has 4 rings (SSSR count). The van der Waals surface area contributed by atoms with Crippen LogP contribution in [0.5, 0.6) is 5.75 Å². The van der Waals surface area contributed by atoms with Gasteiger partial charge >= 0.3 is 0 Å². The second-order valence-electron chi connectivity index (χ2n) is 6.34. The highest BCUT2D eigenvalue weighted by Crippen LogP contribution is 2.28. The molecule has 0 bridgehead atoms. The number of ether oxygens (including phenoxy) is 1. The molecule has 0 spiro atoms. The van der Waals surface area contributed by atoms with Gasteiger partial charge in [0.25, 0.3) is 11.1 Å². The fraction of sp³-hybridized carbons (Fsp3) is 0.200. The van der Waals surface area contributed by atoms with Gasteiger partial charge in [0, 0.05) is 0 Å². The number of hydrogen-bond donors (Lipinski definition) is 0. The van der Waals surface area contributed by atoms with E-state index in [1.165, 1.54) is 11.8 Å². The van der Waals surface area contributed by atoms with E-state index in [0.717, 1.165) is 16.9 Å². The summed E-state index contributed by atoms with van der Waals surface area (Å²) in [5, 5.41) is 17.1. The SMILES string of the molecule is Cc1cc(C)cc(OCc2nnc(SCc3nnc(-c4ccccc4Cl)o3)o2)c1. The van der Waals surface area contributed by atoms with Gasteiger partial charge in [0.1, 0.15) is 5.75 Å². The summed E-state index contributed by atoms with van der Waals surface area (Å²) in [6.07, 6.45) is 0. The predicted octanol–water partition coefficient (Wildman–Crippen LogP) is 5.26. The van der Waals surface area contributed by atoms with Gasteiger partial charge in [-0.05, 0) is 49.2 Å². The number of aromatic nitrogens is 4. The highest BCUT2D eigenvalue weighted by molar-refractivity contribution is 7.98. The van der Waals surface area contributed by atoms with Crippen LogP contribution in [-0.2, 0) is 12.4 Å². The average Bonchev–Trinajstić information content (AvgIpc) is 3.34. The number of aryl methyl sites for hydroxylation is 2. The van der Waals surface area contributed by atoms with E-state index in [0.29, 0.717) is 39.2 Å². The van der Waals surface area contributed by atoms with Crippen LogP contribution < -0.4 is 4.74 Å². The highest BCUT2D eigenvalue weighted by atomic mass is 35.5. The van der Waals surface area contributed by atoms with Crippen molar-refractivity contribution >= 4 is 23.4 Å². The molecule has 0 radical (unpaired) electrons. The van der Waals surface area contributed by atoms with Gasteiger partial charge in [-0.1, -0.05) is 41.6 Å². The van der Waals surface area contributed by atoms with Crippen molar-refractivity contribution in [2.45, 2.75) is 31.4 Å². The quantitative estimate of drug-likeness (QED) is 0.368. The number of hydrogen-bond acceptors (Lipinski definition) is 8. The Hall–Kier alpha value is -2.84. The third-order valence-electron chi connectivity index (χ3n) is 3.90. The highest BCUT2D eigenvalue weighted by Gasteiger charge is 2.14. The molecule has 0 aliphatic heterocycles. The molecular weight excluding hydrogens is 412 g/mol. The van der Waals surface area contributed by atoms with Crippen LogP contribution in [0.1, 0.15) is 22.9 Å². The van der Waals surface area contributed by atoms with Gasteiger partial charge in [0.2, 0.25) is 11.8 Å². The van der Waals surface area contributed by atoms with Gasteiger partial charge in [0.15, 0.2) is 6.61 Å². The molecule has 29 heavy (non-hydrogen) atoms. The van der Waals surface area contributed by atoms with Crippen LogP contribution >= 0.6 is 23.4 Å². The summed E-state index contributed by atoms with van der Waals surface area (Å²) in [6.45, 7) is 4.25. The topological polar surface area (TPSA) is 87.1 Å². The number of benzene rings is 2. The van der Waals surface area contributed by atoms with Crippen LogP contribution in [0.2, 0.25) is 5.02 Å². The van der Waals surface area contributed by atoms with Crippen LogP contribution in [0.4, 0.5) is 0 Å². The molecule has 2 heterocycles. The van der Waals surface area contributed by atoms with Crippen LogP contribution in [0.15, 0.2) is 56.5 Å². The Kier molecular flexibility index (Phi) is 5.82. The number of thioether (sulfide) groups is 1. The summed E-state index contributed by atoms with van der Waals surface area (Å²) < 4.78 is 17.0. The standard InChI is InChI=1S/C20H17ClN4O3S/c1-12-7-13(2)9-14(8-12)26-10-17-22-25-20(28-17)29-11-18-23-24-19(27-18)15-5-3-4-6-16(15)21/h3-9H,10-11H2,1-2H3. The molecule has 0 amide bonds. The van der Waals surface area contributed by atoms with Crippen LogP contribution in [-0.4, -0.2) is 20.4 Å². The molecule has 4 aromatic rings. The van der Waals surface area contributed by atoms with E-state index in [1.807, 2.05) is 44.2 Å². The molecule has 0 atom stereocenters. The maximum atomic E-state index is 6.16. The van der Waals surface area contributed by atoms with E-state index in [9.17, 15) is 0 Å². The van der Waals surface area contributed by atoms with E-state index in [1.54, 1.807) is 6.07 Å². The number of rotatable bonds is 7. The Morgan fingerprint density at radius 1 is 0.931 bits per heavy atom. The second kappa shape index (κ2) is 8.67. The minimum atomic E-state index is 0.202. The maximum Gasteiger partial charge on any atom is 0.277 e. The van der Waals surface area contributed by atoms with Gasteiger partial charge in [-0.15, -0.1) is 20.4 Å². The number of halogens is 1. The maximum absolute atomic E-state index is 6.16. The fourth-order valence-electron chi connectivity index (χ4n) is 2.70. The average molecular weight is 429 g/mol. The van der Waals surface area contributed by atoms with E-state index in [-0.39, 0.29) is 6.61 Å². The summed E-state index contributed by atoms with van der Waals surface area (Å²) in [6, 6.07) is 13.3.